The molecule has 0 saturated carbocycles. The lowest BCUT2D eigenvalue weighted by molar-refractivity contribution is -0.140. The lowest BCUT2D eigenvalue weighted by atomic mass is 9.95. The molecule has 0 fully saturated rings. The number of hydrogen-bond acceptors (Lipinski definition) is 6. The van der Waals surface area contributed by atoms with Crippen molar-refractivity contribution in [3.8, 4) is 5.75 Å². The van der Waals surface area contributed by atoms with E-state index in [1.54, 1.807) is 24.3 Å². The highest BCUT2D eigenvalue weighted by Gasteiger charge is 2.45. The van der Waals surface area contributed by atoms with Crippen molar-refractivity contribution in [3.05, 3.63) is 94.0 Å². The zero-order valence-electron chi connectivity index (χ0n) is 20.3. The van der Waals surface area contributed by atoms with Gasteiger partial charge >= 0.3 is 12.1 Å². The summed E-state index contributed by atoms with van der Waals surface area (Å²) in [6, 6.07) is 9.64. The molecule has 0 unspecified atom stereocenters. The predicted octanol–water partition coefficient (Wildman–Crippen LogP) is 5.54. The zero-order valence-corrected chi connectivity index (χ0v) is 23.5. The van der Waals surface area contributed by atoms with E-state index >= 15 is 0 Å². The first-order valence-electron chi connectivity index (χ1n) is 11.4. The summed E-state index contributed by atoms with van der Waals surface area (Å²) < 4.78 is 55.1. The fraction of sp³-hybridized carbons (Fsp3) is 0.269. The van der Waals surface area contributed by atoms with E-state index < -0.39 is 35.0 Å². The maximum absolute atomic E-state index is 14.2. The molecule has 0 N–H and O–H groups in total. The average Bonchev–Trinajstić information content (AvgIpc) is 3.14. The van der Waals surface area contributed by atoms with Gasteiger partial charge in [0.15, 0.2) is 10.5 Å². The molecule has 0 aliphatic carbocycles. The van der Waals surface area contributed by atoms with Crippen LogP contribution in [-0.4, -0.2) is 29.4 Å². The summed E-state index contributed by atoms with van der Waals surface area (Å²) in [4.78, 5) is 30.0. The van der Waals surface area contributed by atoms with E-state index in [0.717, 1.165) is 15.9 Å². The van der Waals surface area contributed by atoms with Crippen molar-refractivity contribution < 1.29 is 27.4 Å². The normalized spacial score (nSPS) is 15.9. The minimum atomic E-state index is -4.97. The van der Waals surface area contributed by atoms with Crippen LogP contribution in [0.15, 0.2) is 68.0 Å². The molecular weight excluding hydrogens is 609 g/mol. The fourth-order valence-electron chi connectivity index (χ4n) is 3.91. The molecule has 4 rings (SSSR count). The minimum Gasteiger partial charge on any atom is -0.490 e. The molecule has 2 aromatic carbocycles. The van der Waals surface area contributed by atoms with Crippen LogP contribution in [0.4, 0.5) is 13.2 Å². The first kappa shape index (κ1) is 28.1. The summed E-state index contributed by atoms with van der Waals surface area (Å²) in [5, 5.41) is 0.342. The summed E-state index contributed by atoms with van der Waals surface area (Å²) in [5.74, 6) is -0.599. The van der Waals surface area contributed by atoms with Gasteiger partial charge in [-0.2, -0.15) is 13.2 Å². The Morgan fingerprint density at radius 3 is 2.50 bits per heavy atom. The summed E-state index contributed by atoms with van der Waals surface area (Å²) in [6.45, 7) is 5.10. The molecule has 1 aromatic heterocycles. The predicted molar refractivity (Wildman–Crippen MR) is 142 cm³/mol. The fourth-order valence-corrected chi connectivity index (χ4v) is 5.53. The second-order valence-corrected chi connectivity index (χ2v) is 10.8. The van der Waals surface area contributed by atoms with Crippen LogP contribution in [0, 0.1) is 0 Å². The quantitative estimate of drug-likeness (QED) is 0.336. The molecule has 1 aliphatic heterocycles. The Hall–Kier alpha value is -2.89. The summed E-state index contributed by atoms with van der Waals surface area (Å²) in [7, 11) is 0. The molecule has 1 atom stereocenters. The number of alkyl halides is 3. The SMILES string of the molecule is CCOC(=O)C1=C(C(F)(F)F)N=c2s/c(=C\c3ccc(OC(C)C)c(Br)c3)c(=O)n2[C@H]1c1ccc(Cl)cc1. The maximum Gasteiger partial charge on any atom is 0.434 e. The van der Waals surface area contributed by atoms with Crippen LogP contribution in [0.5, 0.6) is 5.75 Å². The molecule has 200 valence electrons. The highest BCUT2D eigenvalue weighted by atomic mass is 79.9. The number of hydrogen-bond donors (Lipinski definition) is 0. The number of ether oxygens (including phenoxy) is 2. The Labute approximate surface area is 232 Å². The number of esters is 1. The van der Waals surface area contributed by atoms with Gasteiger partial charge in [0.05, 0.1) is 33.3 Å². The topological polar surface area (TPSA) is 69.9 Å². The highest BCUT2D eigenvalue weighted by Crippen LogP contribution is 2.38. The third kappa shape index (κ3) is 5.74. The van der Waals surface area contributed by atoms with E-state index in [9.17, 15) is 22.8 Å². The number of allylic oxidation sites excluding steroid dienone is 1. The third-order valence-electron chi connectivity index (χ3n) is 5.40. The standard InChI is InChI=1S/C26H21BrClF3N2O4S/c1-4-36-24(35)20-21(15-6-8-16(28)9-7-15)33-23(34)19(38-25(33)32-22(20)26(29,30)31)12-14-5-10-18(17(27)11-14)37-13(2)3/h5-13,21H,4H2,1-3H3/b19-12-/t21-/m0/s1. The van der Waals surface area contributed by atoms with Crippen LogP contribution < -0.4 is 19.6 Å². The number of rotatable bonds is 6. The molecule has 0 spiro atoms. The van der Waals surface area contributed by atoms with Gasteiger partial charge in [-0.15, -0.1) is 0 Å². The minimum absolute atomic E-state index is 0.0508. The van der Waals surface area contributed by atoms with Gasteiger partial charge in [-0.25, -0.2) is 9.79 Å². The van der Waals surface area contributed by atoms with Crippen LogP contribution in [0.1, 0.15) is 37.9 Å². The number of aromatic nitrogens is 1. The first-order chi connectivity index (χ1) is 17.9. The van der Waals surface area contributed by atoms with E-state index in [0.29, 0.717) is 20.8 Å². The summed E-state index contributed by atoms with van der Waals surface area (Å²) >= 11 is 10.2. The number of benzene rings is 2. The Morgan fingerprint density at radius 2 is 1.92 bits per heavy atom. The first-order valence-corrected chi connectivity index (χ1v) is 13.4. The van der Waals surface area contributed by atoms with Crippen molar-refractivity contribution in [2.24, 2.45) is 4.99 Å². The van der Waals surface area contributed by atoms with E-state index in [4.69, 9.17) is 21.1 Å². The number of carbonyl (C=O) groups is 1. The van der Waals surface area contributed by atoms with Crippen molar-refractivity contribution in [1.29, 1.82) is 0 Å². The molecule has 12 heteroatoms. The van der Waals surface area contributed by atoms with Crippen molar-refractivity contribution in [2.45, 2.75) is 39.1 Å². The molecule has 1 aliphatic rings. The van der Waals surface area contributed by atoms with E-state index in [1.807, 2.05) is 13.8 Å². The molecule has 0 saturated heterocycles. The number of thiazole rings is 1. The average molecular weight is 630 g/mol. The Morgan fingerprint density at radius 1 is 1.24 bits per heavy atom. The van der Waals surface area contributed by atoms with Gasteiger partial charge in [0.1, 0.15) is 5.75 Å². The monoisotopic (exact) mass is 628 g/mol. The lowest BCUT2D eigenvalue weighted by Crippen LogP contribution is -2.41. The Bertz CT molecular complexity index is 1590. The highest BCUT2D eigenvalue weighted by molar-refractivity contribution is 9.10. The molecule has 2 heterocycles. The second kappa shape index (κ2) is 11.1. The number of halogens is 5. The van der Waals surface area contributed by atoms with Gasteiger partial charge in [-0.3, -0.25) is 9.36 Å². The molecular formula is C26H21BrClF3N2O4S. The number of nitrogens with zero attached hydrogens (tertiary/aromatic N) is 2. The summed E-state index contributed by atoms with van der Waals surface area (Å²) in [5.41, 5.74) is -1.91. The number of fused-ring (bicyclic) bond motifs is 1. The van der Waals surface area contributed by atoms with Crippen LogP contribution >= 0.6 is 38.9 Å². The van der Waals surface area contributed by atoms with Crippen molar-refractivity contribution in [2.75, 3.05) is 6.61 Å². The largest absolute Gasteiger partial charge is 0.490 e. The van der Waals surface area contributed by atoms with E-state index in [-0.39, 0.29) is 27.6 Å². The van der Waals surface area contributed by atoms with Gasteiger partial charge in [0.2, 0.25) is 0 Å². The van der Waals surface area contributed by atoms with Gasteiger partial charge in [-0.1, -0.05) is 41.1 Å². The van der Waals surface area contributed by atoms with E-state index in [1.165, 1.54) is 31.2 Å². The molecule has 0 amide bonds. The van der Waals surface area contributed by atoms with Crippen LogP contribution in [0.25, 0.3) is 6.08 Å². The summed E-state index contributed by atoms with van der Waals surface area (Å²) in [6.07, 6.45) is -3.47. The van der Waals surface area contributed by atoms with Crippen LogP contribution in [0.3, 0.4) is 0 Å². The molecule has 0 bridgehead atoms. The van der Waals surface area contributed by atoms with Crippen molar-refractivity contribution in [3.63, 3.8) is 0 Å². The van der Waals surface area contributed by atoms with Crippen LogP contribution in [-0.2, 0) is 9.53 Å². The smallest absolute Gasteiger partial charge is 0.434 e. The van der Waals surface area contributed by atoms with Crippen molar-refractivity contribution >= 4 is 50.9 Å². The molecule has 0 radical (unpaired) electrons. The molecule has 3 aromatic rings. The van der Waals surface area contributed by atoms with Gasteiger partial charge in [0.25, 0.3) is 5.56 Å². The Balaban J connectivity index is 1.97. The van der Waals surface area contributed by atoms with Crippen molar-refractivity contribution in [1.82, 2.24) is 4.57 Å². The van der Waals surface area contributed by atoms with Gasteiger partial charge < -0.3 is 9.47 Å². The van der Waals surface area contributed by atoms with Gasteiger partial charge in [-0.05, 0) is 78.2 Å². The zero-order chi connectivity index (χ0) is 27.8. The molecule has 6 nitrogen and oxygen atoms in total. The number of carbonyl (C=O) groups excluding carboxylic acids is 1. The molecule has 38 heavy (non-hydrogen) atoms. The maximum atomic E-state index is 14.2. The Kier molecular flexibility index (Phi) is 8.20. The lowest BCUT2D eigenvalue weighted by Gasteiger charge is -2.26. The third-order valence-corrected chi connectivity index (χ3v) is 7.25. The van der Waals surface area contributed by atoms with Crippen LogP contribution in [0.2, 0.25) is 5.02 Å². The second-order valence-electron chi connectivity index (χ2n) is 8.47. The van der Waals surface area contributed by atoms with E-state index in [2.05, 4.69) is 20.9 Å². The van der Waals surface area contributed by atoms with Gasteiger partial charge in [0, 0.05) is 5.02 Å².